The van der Waals surface area contributed by atoms with Crippen LogP contribution in [0.5, 0.6) is 5.75 Å². The molecule has 28 heavy (non-hydrogen) atoms. The summed E-state index contributed by atoms with van der Waals surface area (Å²) in [4.78, 5) is 31.2. The van der Waals surface area contributed by atoms with Gasteiger partial charge in [0.25, 0.3) is 0 Å². The number of nitrogens with zero attached hydrogens (tertiary/aromatic N) is 2. The third kappa shape index (κ3) is 4.62. The number of urea groups is 1. The largest absolute Gasteiger partial charge is 0.490 e. The molecule has 2 heterocycles. The number of carbonyl (C=O) groups excluding carboxylic acids is 2. The van der Waals surface area contributed by atoms with Crippen molar-refractivity contribution in [2.45, 2.75) is 40.7 Å². The van der Waals surface area contributed by atoms with Gasteiger partial charge in [0.15, 0.2) is 0 Å². The van der Waals surface area contributed by atoms with E-state index < -0.39 is 5.41 Å². The summed E-state index contributed by atoms with van der Waals surface area (Å²) < 4.78 is 5.67. The number of benzene rings is 1. The van der Waals surface area contributed by atoms with Gasteiger partial charge in [-0.15, -0.1) is 11.3 Å². The number of anilines is 2. The Balaban J connectivity index is 1.68. The fourth-order valence-corrected chi connectivity index (χ4v) is 3.59. The summed E-state index contributed by atoms with van der Waals surface area (Å²) in [6.45, 7) is 9.03. The summed E-state index contributed by atoms with van der Waals surface area (Å²) >= 11 is 1.59. The van der Waals surface area contributed by atoms with Crippen LogP contribution in [0.2, 0.25) is 0 Å². The van der Waals surface area contributed by atoms with Gasteiger partial charge in [0.05, 0.1) is 29.5 Å². The highest BCUT2D eigenvalue weighted by molar-refractivity contribution is 7.09. The number of thiazole rings is 1. The van der Waals surface area contributed by atoms with Gasteiger partial charge in [-0.05, 0) is 24.6 Å². The number of hydrogen-bond acceptors (Lipinski definition) is 5. The van der Waals surface area contributed by atoms with Crippen molar-refractivity contribution in [1.29, 1.82) is 0 Å². The minimum atomic E-state index is -0.500. The first kappa shape index (κ1) is 20.1. The van der Waals surface area contributed by atoms with E-state index in [0.29, 0.717) is 36.8 Å². The predicted molar refractivity (Wildman–Crippen MR) is 111 cm³/mol. The number of aromatic nitrogens is 1. The maximum atomic E-state index is 12.8. The fraction of sp³-hybridized carbons (Fsp3) is 0.450. The van der Waals surface area contributed by atoms with E-state index in [-0.39, 0.29) is 11.9 Å². The summed E-state index contributed by atoms with van der Waals surface area (Å²) in [7, 11) is 0. The fourth-order valence-electron chi connectivity index (χ4n) is 2.85. The van der Waals surface area contributed by atoms with Crippen molar-refractivity contribution in [3.05, 3.63) is 34.3 Å². The number of ether oxygens (including phenoxy) is 1. The molecule has 2 N–H and O–H groups in total. The van der Waals surface area contributed by atoms with E-state index >= 15 is 0 Å². The molecule has 3 rings (SSSR count). The molecule has 0 fully saturated rings. The van der Waals surface area contributed by atoms with Crippen LogP contribution in [0.4, 0.5) is 16.2 Å². The van der Waals surface area contributed by atoms with Crippen LogP contribution >= 0.6 is 11.3 Å². The molecule has 0 bridgehead atoms. The molecule has 0 aliphatic carbocycles. The van der Waals surface area contributed by atoms with Crippen LogP contribution in [-0.2, 0) is 17.8 Å². The van der Waals surface area contributed by atoms with E-state index in [0.717, 1.165) is 17.1 Å². The summed E-state index contributed by atoms with van der Waals surface area (Å²) in [6, 6.07) is 4.99. The Morgan fingerprint density at radius 3 is 2.79 bits per heavy atom. The summed E-state index contributed by atoms with van der Waals surface area (Å²) in [6.07, 6.45) is 0.887. The zero-order valence-electron chi connectivity index (χ0n) is 16.7. The molecule has 8 heteroatoms. The van der Waals surface area contributed by atoms with Crippen LogP contribution < -0.4 is 20.3 Å². The smallest absolute Gasteiger partial charge is 0.319 e. The van der Waals surface area contributed by atoms with Crippen LogP contribution in [0.15, 0.2) is 23.6 Å². The van der Waals surface area contributed by atoms with Crippen molar-refractivity contribution in [2.24, 2.45) is 5.41 Å². The number of carbonyl (C=O) groups is 2. The molecule has 0 saturated heterocycles. The van der Waals surface area contributed by atoms with Crippen molar-refractivity contribution in [3.8, 4) is 5.75 Å². The Labute approximate surface area is 169 Å². The topological polar surface area (TPSA) is 83.6 Å². The molecule has 0 saturated carbocycles. The standard InChI is InChI=1S/C20H26N4O3S/c1-5-17-22-14(12-28-17)11-21-19(26)23-13-6-7-16-15(10-13)24(8-9-27-16)18(25)20(2,3)4/h6-7,10,12H,5,8-9,11H2,1-4H3,(H2,21,23,26). The molecule has 150 valence electrons. The third-order valence-corrected chi connectivity index (χ3v) is 5.34. The zero-order chi connectivity index (χ0) is 20.3. The Morgan fingerprint density at radius 2 is 2.11 bits per heavy atom. The minimum Gasteiger partial charge on any atom is -0.490 e. The van der Waals surface area contributed by atoms with Crippen LogP contribution in [0, 0.1) is 5.41 Å². The number of amides is 3. The molecule has 0 unspecified atom stereocenters. The Bertz CT molecular complexity index is 873. The van der Waals surface area contributed by atoms with E-state index in [1.54, 1.807) is 34.4 Å². The molecule has 1 aliphatic heterocycles. The van der Waals surface area contributed by atoms with Crippen LogP contribution in [0.3, 0.4) is 0 Å². The van der Waals surface area contributed by atoms with E-state index in [9.17, 15) is 9.59 Å². The first-order valence-electron chi connectivity index (χ1n) is 9.35. The Kier molecular flexibility index (Phi) is 5.88. The zero-order valence-corrected chi connectivity index (χ0v) is 17.5. The molecule has 3 amide bonds. The lowest BCUT2D eigenvalue weighted by Crippen LogP contribution is -2.44. The van der Waals surface area contributed by atoms with Gasteiger partial charge in [-0.1, -0.05) is 27.7 Å². The molecule has 1 aliphatic rings. The molecular weight excluding hydrogens is 376 g/mol. The monoisotopic (exact) mass is 402 g/mol. The van der Waals surface area contributed by atoms with Crippen LogP contribution in [-0.4, -0.2) is 30.1 Å². The van der Waals surface area contributed by atoms with E-state index in [1.165, 1.54) is 0 Å². The van der Waals surface area contributed by atoms with Gasteiger partial charge in [-0.25, -0.2) is 9.78 Å². The number of fused-ring (bicyclic) bond motifs is 1. The summed E-state index contributed by atoms with van der Waals surface area (Å²) in [5.41, 5.74) is 1.62. The molecular formula is C20H26N4O3S. The van der Waals surface area contributed by atoms with Crippen molar-refractivity contribution in [1.82, 2.24) is 10.3 Å². The van der Waals surface area contributed by atoms with E-state index in [2.05, 4.69) is 22.5 Å². The molecule has 0 spiro atoms. The summed E-state index contributed by atoms with van der Waals surface area (Å²) in [5, 5.41) is 8.62. The maximum absolute atomic E-state index is 12.8. The second-order valence-electron chi connectivity index (χ2n) is 7.63. The minimum absolute atomic E-state index is 0.0221. The normalized spacial score (nSPS) is 13.5. The van der Waals surface area contributed by atoms with Gasteiger partial charge in [0.1, 0.15) is 12.4 Å². The van der Waals surface area contributed by atoms with Gasteiger partial charge >= 0.3 is 6.03 Å². The quantitative estimate of drug-likeness (QED) is 0.815. The average molecular weight is 403 g/mol. The molecule has 1 aromatic carbocycles. The maximum Gasteiger partial charge on any atom is 0.319 e. The molecule has 7 nitrogen and oxygen atoms in total. The number of aryl methyl sites for hydroxylation is 1. The Morgan fingerprint density at radius 1 is 1.32 bits per heavy atom. The average Bonchev–Trinajstić information content (AvgIpc) is 3.13. The van der Waals surface area contributed by atoms with Gasteiger partial charge in [-0.3, -0.25) is 4.79 Å². The van der Waals surface area contributed by atoms with Crippen LogP contribution in [0.25, 0.3) is 0 Å². The second kappa shape index (κ2) is 8.18. The Hall–Kier alpha value is -2.61. The first-order chi connectivity index (χ1) is 13.3. The number of rotatable bonds is 4. The third-order valence-electron chi connectivity index (χ3n) is 4.30. The molecule has 1 aromatic heterocycles. The van der Waals surface area contributed by atoms with Crippen molar-refractivity contribution in [3.63, 3.8) is 0 Å². The molecule has 0 radical (unpaired) electrons. The van der Waals surface area contributed by atoms with Crippen molar-refractivity contribution >= 4 is 34.6 Å². The van der Waals surface area contributed by atoms with E-state index in [4.69, 9.17) is 4.74 Å². The lowest BCUT2D eigenvalue weighted by molar-refractivity contribution is -0.126. The van der Waals surface area contributed by atoms with Gasteiger partial charge in [-0.2, -0.15) is 0 Å². The van der Waals surface area contributed by atoms with Crippen molar-refractivity contribution in [2.75, 3.05) is 23.4 Å². The molecule has 0 atom stereocenters. The highest BCUT2D eigenvalue weighted by atomic mass is 32.1. The second-order valence-corrected chi connectivity index (χ2v) is 8.57. The lowest BCUT2D eigenvalue weighted by Gasteiger charge is -2.34. The first-order valence-corrected chi connectivity index (χ1v) is 10.2. The van der Waals surface area contributed by atoms with Crippen LogP contribution in [0.1, 0.15) is 38.4 Å². The number of hydrogen-bond donors (Lipinski definition) is 2. The van der Waals surface area contributed by atoms with Gasteiger partial charge in [0.2, 0.25) is 5.91 Å². The lowest BCUT2D eigenvalue weighted by atomic mass is 9.94. The summed E-state index contributed by atoms with van der Waals surface area (Å²) in [5.74, 6) is 0.665. The highest BCUT2D eigenvalue weighted by Crippen LogP contribution is 2.36. The van der Waals surface area contributed by atoms with Gasteiger partial charge < -0.3 is 20.3 Å². The van der Waals surface area contributed by atoms with E-state index in [1.807, 2.05) is 26.2 Å². The van der Waals surface area contributed by atoms with Gasteiger partial charge in [0, 0.05) is 16.5 Å². The number of nitrogens with one attached hydrogen (secondary N) is 2. The highest BCUT2D eigenvalue weighted by Gasteiger charge is 2.32. The predicted octanol–water partition coefficient (Wildman–Crippen LogP) is 3.80. The van der Waals surface area contributed by atoms with Crippen molar-refractivity contribution < 1.29 is 14.3 Å². The molecule has 2 aromatic rings. The SMILES string of the molecule is CCc1nc(CNC(=O)Nc2ccc3c(c2)N(C(=O)C(C)(C)C)CCO3)cs1.